The summed E-state index contributed by atoms with van der Waals surface area (Å²) in [5, 5.41) is 14.8. The van der Waals surface area contributed by atoms with Gasteiger partial charge in [0, 0.05) is 0 Å². The molecule has 0 aromatic rings. The maximum Gasteiger partial charge on any atom is 0.320 e. The first kappa shape index (κ1) is 12.4. The maximum atomic E-state index is 10.7. The number of likely N-dealkylation sites (N-methyl/N-ethyl adjacent to an activating group) is 1. The van der Waals surface area contributed by atoms with Crippen molar-refractivity contribution in [2.45, 2.75) is 32.2 Å². The lowest BCUT2D eigenvalue weighted by molar-refractivity contribution is -0.139. The molecule has 78 valence electrons. The van der Waals surface area contributed by atoms with Crippen molar-refractivity contribution in [2.24, 2.45) is 0 Å². The van der Waals surface area contributed by atoms with Crippen LogP contribution in [0.4, 0.5) is 0 Å². The van der Waals surface area contributed by atoms with E-state index in [4.69, 9.17) is 5.11 Å². The van der Waals surface area contributed by atoms with Gasteiger partial charge in [0.15, 0.2) is 0 Å². The summed E-state index contributed by atoms with van der Waals surface area (Å²) in [4.78, 5) is 10.7. The molecular weight excluding hydrogens is 168 g/mol. The van der Waals surface area contributed by atoms with Crippen LogP contribution in [0.2, 0.25) is 0 Å². The Morgan fingerprint density at radius 2 is 2.15 bits per heavy atom. The number of nitrogens with one attached hydrogen (secondary N) is 2. The lowest BCUT2D eigenvalue weighted by Crippen LogP contribution is -2.36. The molecule has 0 saturated heterocycles. The quantitative estimate of drug-likeness (QED) is 0.484. The summed E-state index contributed by atoms with van der Waals surface area (Å²) in [5.74, 6) is -0.744. The molecule has 4 nitrogen and oxygen atoms in total. The third-order valence-electron chi connectivity index (χ3n) is 1.92. The van der Waals surface area contributed by atoms with Gasteiger partial charge in [0.05, 0.1) is 0 Å². The van der Waals surface area contributed by atoms with Crippen molar-refractivity contribution in [1.29, 1.82) is 0 Å². The summed E-state index contributed by atoms with van der Waals surface area (Å²) in [6.45, 7) is 3.59. The molecule has 0 saturated carbocycles. The number of carbonyl (C=O) groups is 1. The third kappa shape index (κ3) is 6.54. The van der Waals surface area contributed by atoms with Gasteiger partial charge in [-0.2, -0.15) is 0 Å². The first-order valence-corrected chi connectivity index (χ1v) is 4.83. The molecule has 0 radical (unpaired) electrons. The van der Waals surface area contributed by atoms with E-state index in [9.17, 15) is 4.79 Å². The van der Waals surface area contributed by atoms with E-state index in [1.54, 1.807) is 0 Å². The Kier molecular flexibility index (Phi) is 7.63. The Hall–Kier alpha value is -0.610. The van der Waals surface area contributed by atoms with E-state index >= 15 is 0 Å². The fourth-order valence-corrected chi connectivity index (χ4v) is 1.21. The minimum absolute atomic E-state index is 0.373. The summed E-state index contributed by atoms with van der Waals surface area (Å²) in [5.41, 5.74) is 0. The second-order valence-electron chi connectivity index (χ2n) is 3.05. The summed E-state index contributed by atoms with van der Waals surface area (Å²) in [7, 11) is 1.90. The summed E-state index contributed by atoms with van der Waals surface area (Å²) < 4.78 is 0. The molecule has 0 heterocycles. The normalized spacial score (nSPS) is 12.8. The number of aliphatic carboxylic acids is 1. The van der Waals surface area contributed by atoms with Crippen LogP contribution in [0.15, 0.2) is 0 Å². The van der Waals surface area contributed by atoms with E-state index in [-0.39, 0.29) is 6.04 Å². The van der Waals surface area contributed by atoms with Crippen molar-refractivity contribution < 1.29 is 9.90 Å². The van der Waals surface area contributed by atoms with Crippen LogP contribution >= 0.6 is 0 Å². The Morgan fingerprint density at radius 3 is 2.62 bits per heavy atom. The van der Waals surface area contributed by atoms with Crippen molar-refractivity contribution in [3.05, 3.63) is 0 Å². The highest BCUT2D eigenvalue weighted by molar-refractivity contribution is 5.73. The Morgan fingerprint density at radius 1 is 1.46 bits per heavy atom. The molecule has 0 spiro atoms. The standard InChI is InChI=1S/C9H20N2O2/c1-3-11-8(9(12)13)6-4-5-7-10-2/h8,10-11H,3-7H2,1-2H3,(H,12,13). The van der Waals surface area contributed by atoms with E-state index in [0.717, 1.165) is 19.4 Å². The number of unbranched alkanes of at least 4 members (excludes halogenated alkanes) is 1. The van der Waals surface area contributed by atoms with Gasteiger partial charge >= 0.3 is 5.97 Å². The van der Waals surface area contributed by atoms with Gasteiger partial charge in [0.25, 0.3) is 0 Å². The van der Waals surface area contributed by atoms with Gasteiger partial charge < -0.3 is 15.7 Å². The van der Waals surface area contributed by atoms with Gasteiger partial charge in [-0.15, -0.1) is 0 Å². The van der Waals surface area contributed by atoms with Crippen LogP contribution in [-0.2, 0) is 4.79 Å². The number of carboxylic acid groups (broad SMARTS) is 1. The average Bonchev–Trinajstić information content (AvgIpc) is 2.10. The van der Waals surface area contributed by atoms with E-state index in [1.165, 1.54) is 0 Å². The molecule has 4 heteroatoms. The fourth-order valence-electron chi connectivity index (χ4n) is 1.21. The van der Waals surface area contributed by atoms with Crippen LogP contribution in [0.3, 0.4) is 0 Å². The van der Waals surface area contributed by atoms with Crippen LogP contribution < -0.4 is 10.6 Å². The molecule has 0 aliphatic rings. The summed E-state index contributed by atoms with van der Waals surface area (Å²) in [6, 6.07) is -0.373. The number of carboxylic acids is 1. The predicted octanol–water partition coefficient (Wildman–Crippen LogP) is 0.439. The Bertz CT molecular complexity index is 140. The molecule has 1 atom stereocenters. The maximum absolute atomic E-state index is 10.7. The van der Waals surface area contributed by atoms with Crippen LogP contribution in [0.25, 0.3) is 0 Å². The largest absolute Gasteiger partial charge is 0.480 e. The second kappa shape index (κ2) is 8.01. The topological polar surface area (TPSA) is 61.4 Å². The van der Waals surface area contributed by atoms with Crippen molar-refractivity contribution >= 4 is 5.97 Å². The molecule has 0 amide bonds. The van der Waals surface area contributed by atoms with Gasteiger partial charge in [-0.25, -0.2) is 0 Å². The van der Waals surface area contributed by atoms with Crippen molar-refractivity contribution in [2.75, 3.05) is 20.1 Å². The van der Waals surface area contributed by atoms with Crippen molar-refractivity contribution in [1.82, 2.24) is 10.6 Å². The molecule has 0 bridgehead atoms. The van der Waals surface area contributed by atoms with Crippen LogP contribution in [0, 0.1) is 0 Å². The highest BCUT2D eigenvalue weighted by Gasteiger charge is 2.14. The van der Waals surface area contributed by atoms with Crippen LogP contribution in [-0.4, -0.2) is 37.3 Å². The number of hydrogen-bond donors (Lipinski definition) is 3. The van der Waals surface area contributed by atoms with Crippen molar-refractivity contribution in [3.8, 4) is 0 Å². The molecule has 0 fully saturated rings. The van der Waals surface area contributed by atoms with Gasteiger partial charge in [0.2, 0.25) is 0 Å². The zero-order chi connectivity index (χ0) is 10.1. The highest BCUT2D eigenvalue weighted by atomic mass is 16.4. The van der Waals surface area contributed by atoms with Crippen LogP contribution in [0.5, 0.6) is 0 Å². The third-order valence-corrected chi connectivity index (χ3v) is 1.92. The lowest BCUT2D eigenvalue weighted by atomic mass is 10.1. The van der Waals surface area contributed by atoms with E-state index < -0.39 is 5.97 Å². The predicted molar refractivity (Wildman–Crippen MR) is 52.9 cm³/mol. The van der Waals surface area contributed by atoms with Gasteiger partial charge in [-0.05, 0) is 33.0 Å². The highest BCUT2D eigenvalue weighted by Crippen LogP contribution is 2.00. The average molecular weight is 188 g/mol. The van der Waals surface area contributed by atoms with Crippen LogP contribution in [0.1, 0.15) is 26.2 Å². The molecule has 0 rings (SSSR count). The molecule has 3 N–H and O–H groups in total. The minimum Gasteiger partial charge on any atom is -0.480 e. The molecule has 13 heavy (non-hydrogen) atoms. The van der Waals surface area contributed by atoms with Crippen molar-refractivity contribution in [3.63, 3.8) is 0 Å². The SMILES string of the molecule is CCNC(CCCCNC)C(=O)O. The second-order valence-corrected chi connectivity index (χ2v) is 3.05. The first-order chi connectivity index (χ1) is 6.22. The van der Waals surface area contributed by atoms with Gasteiger partial charge in [-0.1, -0.05) is 13.3 Å². The number of rotatable bonds is 8. The van der Waals surface area contributed by atoms with Gasteiger partial charge in [0.1, 0.15) is 6.04 Å². The first-order valence-electron chi connectivity index (χ1n) is 4.83. The van der Waals surface area contributed by atoms with E-state index in [2.05, 4.69) is 10.6 Å². The molecule has 0 aromatic carbocycles. The summed E-state index contributed by atoms with van der Waals surface area (Å²) >= 11 is 0. The Balaban J connectivity index is 3.51. The number of hydrogen-bond acceptors (Lipinski definition) is 3. The van der Waals surface area contributed by atoms with E-state index in [0.29, 0.717) is 13.0 Å². The van der Waals surface area contributed by atoms with Gasteiger partial charge in [-0.3, -0.25) is 4.79 Å². The Labute approximate surface area is 79.7 Å². The lowest BCUT2D eigenvalue weighted by Gasteiger charge is -2.12. The summed E-state index contributed by atoms with van der Waals surface area (Å²) in [6.07, 6.45) is 2.70. The molecular formula is C9H20N2O2. The molecule has 0 aromatic heterocycles. The molecule has 0 aliphatic carbocycles. The van der Waals surface area contributed by atoms with E-state index in [1.807, 2.05) is 14.0 Å². The minimum atomic E-state index is -0.744. The monoisotopic (exact) mass is 188 g/mol. The fraction of sp³-hybridized carbons (Fsp3) is 0.889. The molecule has 0 aliphatic heterocycles. The zero-order valence-electron chi connectivity index (χ0n) is 8.47. The molecule has 1 unspecified atom stereocenters. The smallest absolute Gasteiger partial charge is 0.320 e. The zero-order valence-corrected chi connectivity index (χ0v) is 8.47.